The van der Waals surface area contributed by atoms with Gasteiger partial charge in [-0.2, -0.15) is 0 Å². The van der Waals surface area contributed by atoms with Crippen LogP contribution < -0.4 is 10.1 Å². The van der Waals surface area contributed by atoms with E-state index in [4.69, 9.17) is 9.84 Å². The van der Waals surface area contributed by atoms with Crippen molar-refractivity contribution in [2.24, 2.45) is 0 Å². The summed E-state index contributed by atoms with van der Waals surface area (Å²) >= 11 is 1.25. The summed E-state index contributed by atoms with van der Waals surface area (Å²) in [6.45, 7) is 1.84. The Balaban J connectivity index is 2.55. The smallest absolute Gasteiger partial charge is 0.326 e. The molecule has 1 amide bonds. The number of benzene rings is 1. The Hall–Kier alpha value is -2.29. The normalized spacial score (nSPS) is 11.6. The second kappa shape index (κ2) is 9.76. The molecule has 2 N–H and O–H groups in total. The lowest BCUT2D eigenvalue weighted by molar-refractivity contribution is -0.385. The molecule has 1 unspecified atom stereocenters. The van der Waals surface area contributed by atoms with Crippen LogP contribution in [0, 0.1) is 10.1 Å². The Labute approximate surface area is 143 Å². The number of aliphatic carboxylic acids is 1. The zero-order valence-corrected chi connectivity index (χ0v) is 14.3. The van der Waals surface area contributed by atoms with E-state index in [-0.39, 0.29) is 23.1 Å². The predicted octanol–water partition coefficient (Wildman–Crippen LogP) is 2.21. The number of carbonyl (C=O) groups excluding carboxylic acids is 1. The molecule has 0 fully saturated rings. The SMILES string of the molecule is CCCC(NC(=O)CSCc1ccc(OC)c([N+](=O)[O-])c1)C(=O)O. The van der Waals surface area contributed by atoms with Gasteiger partial charge in [0.05, 0.1) is 17.8 Å². The van der Waals surface area contributed by atoms with Gasteiger partial charge in [-0.3, -0.25) is 14.9 Å². The molecule has 0 aliphatic heterocycles. The van der Waals surface area contributed by atoms with E-state index in [0.717, 1.165) is 0 Å². The second-order valence-electron chi connectivity index (χ2n) is 5.00. The van der Waals surface area contributed by atoms with E-state index < -0.39 is 16.9 Å². The number of nitro benzene ring substituents is 1. The number of nitrogens with one attached hydrogen (secondary N) is 1. The van der Waals surface area contributed by atoms with Crippen molar-refractivity contribution in [1.29, 1.82) is 0 Å². The quantitative estimate of drug-likeness (QED) is 0.487. The maximum atomic E-state index is 11.8. The van der Waals surface area contributed by atoms with Crippen LogP contribution in [0.25, 0.3) is 0 Å². The molecule has 0 saturated carbocycles. The van der Waals surface area contributed by atoms with Crippen LogP contribution in [0.5, 0.6) is 5.75 Å². The number of carboxylic acids is 1. The molecule has 9 heteroatoms. The number of carbonyl (C=O) groups is 2. The van der Waals surface area contributed by atoms with E-state index in [0.29, 0.717) is 24.2 Å². The molecule has 0 radical (unpaired) electrons. The first-order valence-corrected chi connectivity index (χ1v) is 8.45. The number of hydrogen-bond acceptors (Lipinski definition) is 6. The number of methoxy groups -OCH3 is 1. The molecule has 1 atom stereocenters. The number of rotatable bonds is 10. The van der Waals surface area contributed by atoms with E-state index in [9.17, 15) is 19.7 Å². The summed E-state index contributed by atoms with van der Waals surface area (Å²) in [5.41, 5.74) is 0.553. The molecule has 24 heavy (non-hydrogen) atoms. The molecular formula is C15H20N2O6S. The molecule has 0 aliphatic rings. The molecule has 1 aromatic rings. The Bertz CT molecular complexity index is 608. The van der Waals surface area contributed by atoms with Crippen molar-refractivity contribution in [2.75, 3.05) is 12.9 Å². The molecule has 1 aromatic carbocycles. The minimum atomic E-state index is -1.05. The van der Waals surface area contributed by atoms with Crippen molar-refractivity contribution in [3.63, 3.8) is 0 Å². The summed E-state index contributed by atoms with van der Waals surface area (Å²) in [5, 5.41) is 22.4. The first-order chi connectivity index (χ1) is 11.4. The van der Waals surface area contributed by atoms with Crippen molar-refractivity contribution in [3.05, 3.63) is 33.9 Å². The Morgan fingerprint density at radius 3 is 2.71 bits per heavy atom. The summed E-state index contributed by atoms with van der Waals surface area (Å²) in [4.78, 5) is 33.2. The molecular weight excluding hydrogens is 336 g/mol. The van der Waals surface area contributed by atoms with Crippen molar-refractivity contribution in [1.82, 2.24) is 5.32 Å². The van der Waals surface area contributed by atoms with Gasteiger partial charge >= 0.3 is 11.7 Å². The van der Waals surface area contributed by atoms with Crippen LogP contribution >= 0.6 is 11.8 Å². The van der Waals surface area contributed by atoms with Crippen molar-refractivity contribution in [2.45, 2.75) is 31.6 Å². The predicted molar refractivity (Wildman–Crippen MR) is 90.3 cm³/mol. The van der Waals surface area contributed by atoms with E-state index in [1.165, 1.54) is 31.0 Å². The first-order valence-electron chi connectivity index (χ1n) is 7.30. The highest BCUT2D eigenvalue weighted by atomic mass is 32.2. The highest BCUT2D eigenvalue weighted by molar-refractivity contribution is 7.99. The van der Waals surface area contributed by atoms with Gasteiger partial charge in [-0.1, -0.05) is 19.4 Å². The molecule has 0 aromatic heterocycles. The maximum absolute atomic E-state index is 11.8. The van der Waals surface area contributed by atoms with Gasteiger partial charge in [-0.15, -0.1) is 11.8 Å². The van der Waals surface area contributed by atoms with Gasteiger partial charge in [0.25, 0.3) is 0 Å². The average Bonchev–Trinajstić information content (AvgIpc) is 2.54. The highest BCUT2D eigenvalue weighted by Crippen LogP contribution is 2.28. The van der Waals surface area contributed by atoms with Crippen molar-refractivity contribution >= 4 is 29.3 Å². The molecule has 1 rings (SSSR count). The van der Waals surface area contributed by atoms with Gasteiger partial charge in [0.15, 0.2) is 5.75 Å². The van der Waals surface area contributed by atoms with Crippen LogP contribution in [0.3, 0.4) is 0 Å². The van der Waals surface area contributed by atoms with Gasteiger partial charge < -0.3 is 15.2 Å². The topological polar surface area (TPSA) is 119 Å². The van der Waals surface area contributed by atoms with Crippen LogP contribution in [-0.4, -0.2) is 40.8 Å². The summed E-state index contributed by atoms with van der Waals surface area (Å²) in [6, 6.07) is 3.72. The lowest BCUT2D eigenvalue weighted by Crippen LogP contribution is -2.41. The van der Waals surface area contributed by atoms with E-state index in [2.05, 4.69) is 5.32 Å². The molecule has 0 aliphatic carbocycles. The average molecular weight is 356 g/mol. The van der Waals surface area contributed by atoms with Crippen LogP contribution in [0.4, 0.5) is 5.69 Å². The van der Waals surface area contributed by atoms with Gasteiger partial charge in [0.2, 0.25) is 5.91 Å². The number of carboxylic acid groups (broad SMARTS) is 1. The highest BCUT2D eigenvalue weighted by Gasteiger charge is 2.19. The van der Waals surface area contributed by atoms with Gasteiger partial charge in [0, 0.05) is 11.8 Å². The van der Waals surface area contributed by atoms with Crippen LogP contribution in [-0.2, 0) is 15.3 Å². The minimum Gasteiger partial charge on any atom is -0.490 e. The van der Waals surface area contributed by atoms with E-state index in [1.807, 2.05) is 6.92 Å². The molecule has 0 heterocycles. The molecule has 0 spiro atoms. The second-order valence-corrected chi connectivity index (χ2v) is 5.99. The molecule has 0 bridgehead atoms. The largest absolute Gasteiger partial charge is 0.490 e. The van der Waals surface area contributed by atoms with E-state index in [1.54, 1.807) is 6.07 Å². The standard InChI is InChI=1S/C15H20N2O6S/c1-3-4-11(15(19)20)16-14(18)9-24-8-10-5-6-13(23-2)12(7-10)17(21)22/h5-7,11H,3-4,8-9H2,1-2H3,(H,16,18)(H,19,20). The lowest BCUT2D eigenvalue weighted by Gasteiger charge is -2.13. The fraction of sp³-hybridized carbons (Fsp3) is 0.467. The zero-order valence-electron chi connectivity index (χ0n) is 13.5. The number of hydrogen-bond donors (Lipinski definition) is 2. The van der Waals surface area contributed by atoms with Crippen molar-refractivity contribution < 1.29 is 24.4 Å². The summed E-state index contributed by atoms with van der Waals surface area (Å²) < 4.78 is 4.93. The third-order valence-electron chi connectivity index (χ3n) is 3.15. The van der Waals surface area contributed by atoms with Crippen LogP contribution in [0.15, 0.2) is 18.2 Å². The van der Waals surface area contributed by atoms with Gasteiger partial charge in [-0.25, -0.2) is 4.79 Å². The van der Waals surface area contributed by atoms with Crippen molar-refractivity contribution in [3.8, 4) is 5.75 Å². The minimum absolute atomic E-state index is 0.0767. The fourth-order valence-corrected chi connectivity index (χ4v) is 2.80. The Morgan fingerprint density at radius 1 is 1.46 bits per heavy atom. The van der Waals surface area contributed by atoms with E-state index >= 15 is 0 Å². The number of nitro groups is 1. The van der Waals surface area contributed by atoms with Gasteiger partial charge in [0.1, 0.15) is 6.04 Å². The summed E-state index contributed by atoms with van der Waals surface area (Å²) in [7, 11) is 1.36. The maximum Gasteiger partial charge on any atom is 0.326 e. The number of amides is 1. The fourth-order valence-electron chi connectivity index (χ4n) is 2.01. The third kappa shape index (κ3) is 6.07. The monoisotopic (exact) mass is 356 g/mol. The summed E-state index contributed by atoms with van der Waals surface area (Å²) in [6.07, 6.45) is 1.02. The Kier molecular flexibility index (Phi) is 8.03. The number of nitrogens with zero attached hydrogens (tertiary/aromatic N) is 1. The first kappa shape index (κ1) is 19.8. The zero-order chi connectivity index (χ0) is 18.1. The molecule has 8 nitrogen and oxygen atoms in total. The molecule has 0 saturated heterocycles. The number of thioether (sulfide) groups is 1. The van der Waals surface area contributed by atoms with Crippen LogP contribution in [0.1, 0.15) is 25.3 Å². The van der Waals surface area contributed by atoms with Gasteiger partial charge in [-0.05, 0) is 18.1 Å². The number of ether oxygens (including phenoxy) is 1. The molecule has 132 valence electrons. The Morgan fingerprint density at radius 2 is 2.17 bits per heavy atom. The lowest BCUT2D eigenvalue weighted by atomic mass is 10.2. The summed E-state index contributed by atoms with van der Waals surface area (Å²) in [5.74, 6) is -0.780. The van der Waals surface area contributed by atoms with Crippen LogP contribution in [0.2, 0.25) is 0 Å². The third-order valence-corrected chi connectivity index (χ3v) is 4.16.